The van der Waals surface area contributed by atoms with Crippen LogP contribution in [0.5, 0.6) is 0 Å². The van der Waals surface area contributed by atoms with Gasteiger partial charge in [-0.05, 0) is 6.42 Å². The fraction of sp³-hybridized carbons (Fsp3) is 0.286. The van der Waals surface area contributed by atoms with Crippen molar-refractivity contribution >= 4 is 5.97 Å². The Hall–Kier alpha value is -1.25. The molecule has 0 aromatic carbocycles. The van der Waals surface area contributed by atoms with Gasteiger partial charge in [0.1, 0.15) is 0 Å². The van der Waals surface area contributed by atoms with Gasteiger partial charge < -0.3 is 10.5 Å². The number of carbonyl (C=O) groups excluding carboxylic acids is 1. The maximum Gasteiger partial charge on any atom is 0.335 e. The molecule has 0 saturated carbocycles. The molecule has 0 aliphatic heterocycles. The molecule has 0 aliphatic carbocycles. The summed E-state index contributed by atoms with van der Waals surface area (Å²) in [5, 5.41) is 0. The van der Waals surface area contributed by atoms with E-state index in [1.165, 1.54) is 13.3 Å². The molecule has 0 amide bonds. The van der Waals surface area contributed by atoms with Crippen molar-refractivity contribution in [2.24, 2.45) is 5.73 Å². The van der Waals surface area contributed by atoms with Crippen molar-refractivity contribution in [2.75, 3.05) is 7.11 Å². The monoisotopic (exact) mass is 141 g/mol. The van der Waals surface area contributed by atoms with Crippen LogP contribution in [0.1, 0.15) is 6.42 Å². The van der Waals surface area contributed by atoms with Gasteiger partial charge in [-0.2, -0.15) is 0 Å². The molecule has 0 unspecified atom stereocenters. The molecule has 0 radical (unpaired) electrons. The Bertz CT molecular complexity index is 161. The predicted molar refractivity (Wildman–Crippen MR) is 39.1 cm³/mol. The van der Waals surface area contributed by atoms with Crippen LogP contribution in [0.15, 0.2) is 24.4 Å². The van der Waals surface area contributed by atoms with Crippen LogP contribution >= 0.6 is 0 Å². The smallest absolute Gasteiger partial charge is 0.335 e. The molecule has 0 spiro atoms. The lowest BCUT2D eigenvalue weighted by Crippen LogP contribution is -2.05. The van der Waals surface area contributed by atoms with Crippen LogP contribution in [0.2, 0.25) is 0 Å². The Morgan fingerprint density at radius 3 is 2.70 bits per heavy atom. The van der Waals surface area contributed by atoms with Gasteiger partial charge in [0.2, 0.25) is 0 Å². The second-order valence-electron chi connectivity index (χ2n) is 1.68. The number of rotatable bonds is 3. The summed E-state index contributed by atoms with van der Waals surface area (Å²) in [4.78, 5) is 10.7. The first-order valence-corrected chi connectivity index (χ1v) is 2.86. The third-order valence-electron chi connectivity index (χ3n) is 1.01. The average molecular weight is 141 g/mol. The van der Waals surface area contributed by atoms with E-state index >= 15 is 0 Å². The number of methoxy groups -OCH3 is 1. The number of ether oxygens (including phenoxy) is 1. The van der Waals surface area contributed by atoms with Gasteiger partial charge in [0.15, 0.2) is 0 Å². The first-order valence-electron chi connectivity index (χ1n) is 2.86. The number of esters is 1. The van der Waals surface area contributed by atoms with Crippen LogP contribution in [-0.4, -0.2) is 13.1 Å². The third kappa shape index (κ3) is 2.35. The second-order valence-corrected chi connectivity index (χ2v) is 1.68. The number of hydrogen-bond acceptors (Lipinski definition) is 3. The van der Waals surface area contributed by atoms with Gasteiger partial charge in [0.25, 0.3) is 0 Å². The molecular formula is C7H11NO2. The number of nitrogens with two attached hydrogens (primary N) is 1. The first kappa shape index (κ1) is 8.75. The Morgan fingerprint density at radius 1 is 1.80 bits per heavy atom. The predicted octanol–water partition coefficient (Wildman–Crippen LogP) is 0.578. The fourth-order valence-electron chi connectivity index (χ4n) is 0.506. The molecule has 3 nitrogen and oxygen atoms in total. The van der Waals surface area contributed by atoms with Crippen molar-refractivity contribution in [3.05, 3.63) is 24.4 Å². The van der Waals surface area contributed by atoms with Crippen molar-refractivity contribution in [3.8, 4) is 0 Å². The number of allylic oxidation sites excluding steroid dienone is 1. The zero-order valence-corrected chi connectivity index (χ0v) is 5.96. The van der Waals surface area contributed by atoms with E-state index in [-0.39, 0.29) is 0 Å². The van der Waals surface area contributed by atoms with Crippen LogP contribution in [0.3, 0.4) is 0 Å². The zero-order chi connectivity index (χ0) is 7.98. The van der Waals surface area contributed by atoms with Gasteiger partial charge >= 0.3 is 5.97 Å². The van der Waals surface area contributed by atoms with Crippen LogP contribution < -0.4 is 5.73 Å². The van der Waals surface area contributed by atoms with E-state index in [4.69, 9.17) is 5.73 Å². The molecule has 0 aromatic rings. The molecule has 0 atom stereocenters. The summed E-state index contributed by atoms with van der Waals surface area (Å²) < 4.78 is 4.42. The SMILES string of the molecule is C=CC/C(=C\N)C(=O)OC. The van der Waals surface area contributed by atoms with Crippen LogP contribution in [-0.2, 0) is 9.53 Å². The third-order valence-corrected chi connectivity index (χ3v) is 1.01. The molecule has 0 fully saturated rings. The van der Waals surface area contributed by atoms with Crippen LogP contribution in [0.25, 0.3) is 0 Å². The minimum atomic E-state index is -0.401. The van der Waals surface area contributed by atoms with E-state index in [2.05, 4.69) is 11.3 Å². The molecule has 0 heterocycles. The zero-order valence-electron chi connectivity index (χ0n) is 5.96. The summed E-state index contributed by atoms with van der Waals surface area (Å²) in [6, 6.07) is 0. The lowest BCUT2D eigenvalue weighted by Gasteiger charge is -1.98. The van der Waals surface area contributed by atoms with Crippen molar-refractivity contribution < 1.29 is 9.53 Å². The first-order chi connectivity index (χ1) is 4.76. The quantitative estimate of drug-likeness (QED) is 0.355. The van der Waals surface area contributed by atoms with E-state index in [9.17, 15) is 4.79 Å². The lowest BCUT2D eigenvalue weighted by atomic mass is 10.2. The molecule has 3 heteroatoms. The topological polar surface area (TPSA) is 52.3 Å². The summed E-state index contributed by atoms with van der Waals surface area (Å²) >= 11 is 0. The summed E-state index contributed by atoms with van der Waals surface area (Å²) in [5.41, 5.74) is 5.55. The molecule has 0 bridgehead atoms. The van der Waals surface area contributed by atoms with Gasteiger partial charge in [-0.1, -0.05) is 6.08 Å². The van der Waals surface area contributed by atoms with E-state index in [1.54, 1.807) is 6.08 Å². The second kappa shape index (κ2) is 4.61. The van der Waals surface area contributed by atoms with E-state index < -0.39 is 5.97 Å². The summed E-state index contributed by atoms with van der Waals surface area (Å²) in [6.07, 6.45) is 3.27. The molecule has 2 N–H and O–H groups in total. The van der Waals surface area contributed by atoms with Gasteiger partial charge in [-0.3, -0.25) is 0 Å². The Kier molecular flexibility index (Phi) is 4.04. The largest absolute Gasteiger partial charge is 0.466 e. The van der Waals surface area contributed by atoms with Gasteiger partial charge in [-0.25, -0.2) is 4.79 Å². The van der Waals surface area contributed by atoms with E-state index in [0.29, 0.717) is 12.0 Å². The molecule has 0 saturated heterocycles. The van der Waals surface area contributed by atoms with Crippen molar-refractivity contribution in [1.82, 2.24) is 0 Å². The van der Waals surface area contributed by atoms with Crippen molar-refractivity contribution in [3.63, 3.8) is 0 Å². The van der Waals surface area contributed by atoms with Gasteiger partial charge in [-0.15, -0.1) is 6.58 Å². The molecular weight excluding hydrogens is 130 g/mol. The van der Waals surface area contributed by atoms with Crippen LogP contribution in [0, 0.1) is 0 Å². The summed E-state index contributed by atoms with van der Waals surface area (Å²) in [6.45, 7) is 3.46. The molecule has 0 rings (SSSR count). The lowest BCUT2D eigenvalue weighted by molar-refractivity contribution is -0.136. The average Bonchev–Trinajstić information content (AvgIpc) is 1.99. The van der Waals surface area contributed by atoms with Crippen molar-refractivity contribution in [1.29, 1.82) is 0 Å². The fourth-order valence-corrected chi connectivity index (χ4v) is 0.506. The summed E-state index contributed by atoms with van der Waals surface area (Å²) in [5.74, 6) is -0.401. The highest BCUT2D eigenvalue weighted by Crippen LogP contribution is 2.01. The summed E-state index contributed by atoms with van der Waals surface area (Å²) in [7, 11) is 1.31. The van der Waals surface area contributed by atoms with E-state index in [0.717, 1.165) is 0 Å². The minimum Gasteiger partial charge on any atom is -0.466 e. The highest BCUT2D eigenvalue weighted by Gasteiger charge is 2.04. The molecule has 56 valence electrons. The van der Waals surface area contributed by atoms with Crippen molar-refractivity contribution in [2.45, 2.75) is 6.42 Å². The Labute approximate surface area is 60.2 Å². The van der Waals surface area contributed by atoms with Gasteiger partial charge in [0.05, 0.1) is 12.7 Å². The highest BCUT2D eigenvalue weighted by atomic mass is 16.5. The Morgan fingerprint density at radius 2 is 2.40 bits per heavy atom. The van der Waals surface area contributed by atoms with Crippen LogP contribution in [0.4, 0.5) is 0 Å². The minimum absolute atomic E-state index is 0.401. The normalized spacial score (nSPS) is 10.7. The highest BCUT2D eigenvalue weighted by molar-refractivity contribution is 5.88. The van der Waals surface area contributed by atoms with E-state index in [1.807, 2.05) is 0 Å². The molecule has 0 aliphatic rings. The van der Waals surface area contributed by atoms with Gasteiger partial charge in [0, 0.05) is 6.20 Å². The number of hydrogen-bond donors (Lipinski definition) is 1. The standard InChI is InChI=1S/C7H11NO2/c1-3-4-6(5-8)7(9)10-2/h3,5H,1,4,8H2,2H3/b6-5+. The molecule has 0 aromatic heterocycles. The maximum atomic E-state index is 10.7. The Balaban J connectivity index is 4.08. The maximum absolute atomic E-state index is 10.7. The molecule has 10 heavy (non-hydrogen) atoms. The number of carbonyl (C=O) groups is 1.